The average molecular weight is 334 g/mol. The highest BCUT2D eigenvalue weighted by Crippen LogP contribution is 2.21. The van der Waals surface area contributed by atoms with E-state index in [1.54, 1.807) is 0 Å². The molecule has 0 saturated heterocycles. The lowest BCUT2D eigenvalue weighted by Crippen LogP contribution is -2.04. The number of hydrogen-bond donors (Lipinski definition) is 1. The first-order chi connectivity index (χ1) is 12.2. The summed E-state index contributed by atoms with van der Waals surface area (Å²) in [6.07, 6.45) is 14.0. The zero-order valence-corrected chi connectivity index (χ0v) is 14.8. The minimum Gasteiger partial charge on any atom is -0.328 e. The van der Waals surface area contributed by atoms with Crippen LogP contribution < -0.4 is 5.56 Å². The number of nitrogens with zero attached hydrogens (tertiary/aromatic N) is 3. The lowest BCUT2D eigenvalue weighted by molar-refractivity contribution is 0.928. The summed E-state index contributed by atoms with van der Waals surface area (Å²) in [6, 6.07) is 3.83. The average Bonchev–Trinajstić information content (AvgIpc) is 2.96. The molecule has 2 aromatic heterocycles. The molecule has 128 valence electrons. The van der Waals surface area contributed by atoms with Crippen molar-refractivity contribution in [2.45, 2.75) is 26.7 Å². The van der Waals surface area contributed by atoms with Crippen LogP contribution in [0.2, 0.25) is 0 Å². The second-order valence-corrected chi connectivity index (χ2v) is 5.68. The summed E-state index contributed by atoms with van der Waals surface area (Å²) in [6.45, 7) is 4.00. The molecule has 0 aliphatic heterocycles. The van der Waals surface area contributed by atoms with Crippen molar-refractivity contribution < 1.29 is 0 Å². The molecule has 1 aromatic carbocycles. The van der Waals surface area contributed by atoms with E-state index >= 15 is 0 Å². The molecular weight excluding hydrogens is 312 g/mol. The van der Waals surface area contributed by atoms with Gasteiger partial charge in [-0.3, -0.25) is 4.79 Å². The van der Waals surface area contributed by atoms with Gasteiger partial charge < -0.3 is 9.55 Å². The fraction of sp³-hybridized carbons (Fsp3) is 0.250. The van der Waals surface area contributed by atoms with E-state index in [1.165, 1.54) is 11.8 Å². The quantitative estimate of drug-likeness (QED) is 0.766. The van der Waals surface area contributed by atoms with Crippen molar-refractivity contribution in [1.29, 1.82) is 0 Å². The van der Waals surface area contributed by atoms with Crippen LogP contribution in [-0.4, -0.2) is 19.5 Å². The van der Waals surface area contributed by atoms with E-state index in [4.69, 9.17) is 0 Å². The molecule has 0 fully saturated rings. The molecule has 5 heteroatoms. The Hall–Kier alpha value is -2.95. The molecule has 0 spiro atoms. The number of aromatic nitrogens is 4. The molecule has 1 aliphatic carbocycles. The highest BCUT2D eigenvalue weighted by Gasteiger charge is 2.08. The predicted molar refractivity (Wildman–Crippen MR) is 103 cm³/mol. The Kier molecular flexibility index (Phi) is 4.93. The summed E-state index contributed by atoms with van der Waals surface area (Å²) in [7, 11) is 1.99. The number of allylic oxidation sites excluding steroid dienone is 5. The highest BCUT2D eigenvalue weighted by molar-refractivity contribution is 5.91. The monoisotopic (exact) mass is 334 g/mol. The van der Waals surface area contributed by atoms with Crippen molar-refractivity contribution >= 4 is 28.1 Å². The van der Waals surface area contributed by atoms with Gasteiger partial charge in [0, 0.05) is 7.05 Å². The maximum atomic E-state index is 11.4. The lowest BCUT2D eigenvalue weighted by Gasteiger charge is -2.03. The molecule has 3 aromatic rings. The summed E-state index contributed by atoms with van der Waals surface area (Å²) in [5.74, 6) is 0.883. The first kappa shape index (κ1) is 16.9. The Bertz CT molecular complexity index is 1050. The van der Waals surface area contributed by atoms with Gasteiger partial charge in [-0.25, -0.2) is 9.97 Å². The number of aromatic amines is 1. The molecule has 0 amide bonds. The third-order valence-corrected chi connectivity index (χ3v) is 4.10. The van der Waals surface area contributed by atoms with E-state index in [-0.39, 0.29) is 5.56 Å². The van der Waals surface area contributed by atoms with Crippen LogP contribution in [0, 0.1) is 0 Å². The Morgan fingerprint density at radius 2 is 2.04 bits per heavy atom. The summed E-state index contributed by atoms with van der Waals surface area (Å²) in [5.41, 5.74) is 4.41. The zero-order chi connectivity index (χ0) is 17.8. The lowest BCUT2D eigenvalue weighted by atomic mass is 10.1. The number of rotatable bonds is 2. The van der Waals surface area contributed by atoms with Gasteiger partial charge in [-0.1, -0.05) is 38.2 Å². The minimum atomic E-state index is -0.204. The van der Waals surface area contributed by atoms with E-state index in [0.717, 1.165) is 35.2 Å². The maximum absolute atomic E-state index is 11.4. The highest BCUT2D eigenvalue weighted by atomic mass is 16.1. The van der Waals surface area contributed by atoms with E-state index < -0.39 is 0 Å². The molecule has 5 nitrogen and oxygen atoms in total. The fourth-order valence-electron chi connectivity index (χ4n) is 2.84. The molecule has 0 atom stereocenters. The molecule has 0 bridgehead atoms. The SMILES string of the molecule is CC.Cn1c(/C=C/C2=CC=CCC2)nc2cc3[nH]c(=O)cnc3cc21. The Labute approximate surface area is 146 Å². The molecule has 0 radical (unpaired) electrons. The molecule has 4 rings (SSSR count). The summed E-state index contributed by atoms with van der Waals surface area (Å²) in [4.78, 5) is 23.0. The predicted octanol–water partition coefficient (Wildman–Crippen LogP) is 4.13. The summed E-state index contributed by atoms with van der Waals surface area (Å²) < 4.78 is 2.04. The van der Waals surface area contributed by atoms with E-state index in [0.29, 0.717) is 5.52 Å². The summed E-state index contributed by atoms with van der Waals surface area (Å²) >= 11 is 0. The van der Waals surface area contributed by atoms with Crippen LogP contribution in [0.15, 0.2) is 53.0 Å². The van der Waals surface area contributed by atoms with Crippen LogP contribution in [0.5, 0.6) is 0 Å². The van der Waals surface area contributed by atoms with Gasteiger partial charge in [0.2, 0.25) is 0 Å². The van der Waals surface area contributed by atoms with Crippen molar-refractivity contribution in [3.8, 4) is 0 Å². The van der Waals surface area contributed by atoms with Crippen LogP contribution in [0.25, 0.3) is 28.1 Å². The van der Waals surface area contributed by atoms with Gasteiger partial charge in [0.1, 0.15) is 5.82 Å². The van der Waals surface area contributed by atoms with Crippen LogP contribution in [-0.2, 0) is 7.05 Å². The first-order valence-corrected chi connectivity index (χ1v) is 8.60. The summed E-state index contributed by atoms with van der Waals surface area (Å²) in [5, 5.41) is 0. The smallest absolute Gasteiger partial charge is 0.266 e. The largest absolute Gasteiger partial charge is 0.328 e. The molecule has 25 heavy (non-hydrogen) atoms. The molecule has 1 N–H and O–H groups in total. The molecular formula is C20H22N4O. The van der Waals surface area contributed by atoms with Gasteiger partial charge >= 0.3 is 0 Å². The standard InChI is InChI=1S/C18H16N4O.C2H6/c1-22-16-10-13-14(21-18(23)11-19-13)9-15(16)20-17(22)8-7-12-5-3-2-4-6-12;1-2/h2-3,5,7-11H,4,6H2,1H3,(H,21,23);1-2H3/b8-7+;. The maximum Gasteiger partial charge on any atom is 0.266 e. The van der Waals surface area contributed by atoms with Crippen LogP contribution in [0.3, 0.4) is 0 Å². The second-order valence-electron chi connectivity index (χ2n) is 5.68. The van der Waals surface area contributed by atoms with Crippen molar-refractivity contribution in [2.75, 3.05) is 0 Å². The van der Waals surface area contributed by atoms with Gasteiger partial charge in [-0.15, -0.1) is 0 Å². The Morgan fingerprint density at radius 3 is 2.80 bits per heavy atom. The number of benzene rings is 1. The normalized spacial score (nSPS) is 14.0. The Balaban J connectivity index is 0.000000880. The van der Waals surface area contributed by atoms with Crippen molar-refractivity contribution in [2.24, 2.45) is 7.05 Å². The molecule has 2 heterocycles. The molecule has 0 unspecified atom stereocenters. The molecule has 1 aliphatic rings. The van der Waals surface area contributed by atoms with Crippen LogP contribution >= 0.6 is 0 Å². The van der Waals surface area contributed by atoms with E-state index in [1.807, 2.05) is 43.7 Å². The van der Waals surface area contributed by atoms with Crippen molar-refractivity contribution in [1.82, 2.24) is 19.5 Å². The van der Waals surface area contributed by atoms with Gasteiger partial charge in [0.25, 0.3) is 5.56 Å². The first-order valence-electron chi connectivity index (χ1n) is 8.60. The second kappa shape index (κ2) is 7.30. The van der Waals surface area contributed by atoms with Crippen LogP contribution in [0.4, 0.5) is 0 Å². The van der Waals surface area contributed by atoms with Crippen molar-refractivity contribution in [3.63, 3.8) is 0 Å². The van der Waals surface area contributed by atoms with Gasteiger partial charge in [0.05, 0.1) is 28.3 Å². The van der Waals surface area contributed by atoms with E-state index in [9.17, 15) is 4.79 Å². The van der Waals surface area contributed by atoms with Crippen LogP contribution in [0.1, 0.15) is 32.5 Å². The third-order valence-electron chi connectivity index (χ3n) is 4.10. The third kappa shape index (κ3) is 3.45. The topological polar surface area (TPSA) is 63.6 Å². The molecule has 0 saturated carbocycles. The minimum absolute atomic E-state index is 0.204. The van der Waals surface area contributed by atoms with Crippen molar-refractivity contribution in [3.05, 3.63) is 64.4 Å². The van der Waals surface area contributed by atoms with E-state index in [2.05, 4.69) is 39.3 Å². The number of imidazole rings is 1. The number of H-pyrrole nitrogens is 1. The van der Waals surface area contributed by atoms with Gasteiger partial charge in [-0.05, 0) is 36.6 Å². The van der Waals surface area contributed by atoms with Gasteiger partial charge in [-0.2, -0.15) is 0 Å². The Morgan fingerprint density at radius 1 is 1.20 bits per heavy atom. The fourth-order valence-corrected chi connectivity index (χ4v) is 2.84. The number of nitrogens with one attached hydrogen (secondary N) is 1. The number of fused-ring (bicyclic) bond motifs is 2. The van der Waals surface area contributed by atoms with Gasteiger partial charge in [0.15, 0.2) is 0 Å². The zero-order valence-electron chi connectivity index (χ0n) is 14.8. The number of hydrogen-bond acceptors (Lipinski definition) is 3. The number of aryl methyl sites for hydroxylation is 1.